The van der Waals surface area contributed by atoms with E-state index in [9.17, 15) is 0 Å². The van der Waals surface area contributed by atoms with Gasteiger partial charge < -0.3 is 15.0 Å². The highest BCUT2D eigenvalue weighted by atomic mass is 16.5. The molecule has 1 aromatic heterocycles. The molecule has 2 rings (SSSR count). The van der Waals surface area contributed by atoms with E-state index in [2.05, 4.69) is 5.16 Å². The molecule has 0 bridgehead atoms. The van der Waals surface area contributed by atoms with Gasteiger partial charge in [0.1, 0.15) is 0 Å². The summed E-state index contributed by atoms with van der Waals surface area (Å²) in [5, 5.41) is 3.98. The van der Waals surface area contributed by atoms with Gasteiger partial charge in [-0.15, -0.1) is 0 Å². The Kier molecular flexibility index (Phi) is 2.22. The lowest BCUT2D eigenvalue weighted by atomic mass is 9.94. The zero-order valence-corrected chi connectivity index (χ0v) is 7.75. The lowest BCUT2D eigenvalue weighted by Crippen LogP contribution is -2.15. The van der Waals surface area contributed by atoms with Crippen LogP contribution in [0.2, 0.25) is 0 Å². The van der Waals surface area contributed by atoms with Crippen LogP contribution in [-0.4, -0.2) is 18.4 Å². The molecule has 0 amide bonds. The second-order valence-electron chi connectivity index (χ2n) is 3.44. The zero-order valence-electron chi connectivity index (χ0n) is 7.75. The van der Waals surface area contributed by atoms with E-state index in [1.54, 1.807) is 0 Å². The Labute approximate surface area is 77.0 Å². The predicted octanol–water partition coefficient (Wildman–Crippen LogP) is 1.46. The Balaban J connectivity index is 2.18. The van der Waals surface area contributed by atoms with Crippen molar-refractivity contribution in [1.29, 1.82) is 0 Å². The van der Waals surface area contributed by atoms with E-state index in [1.807, 2.05) is 6.92 Å². The number of hydrogen-bond acceptors (Lipinski definition) is 4. The van der Waals surface area contributed by atoms with Crippen LogP contribution in [0.1, 0.15) is 30.0 Å². The molecule has 13 heavy (non-hydrogen) atoms. The molecule has 2 heterocycles. The van der Waals surface area contributed by atoms with Crippen molar-refractivity contribution >= 4 is 5.88 Å². The van der Waals surface area contributed by atoms with Gasteiger partial charge >= 0.3 is 0 Å². The topological polar surface area (TPSA) is 61.3 Å². The molecule has 0 spiro atoms. The van der Waals surface area contributed by atoms with Gasteiger partial charge in [0.05, 0.1) is 5.69 Å². The van der Waals surface area contributed by atoms with Crippen molar-refractivity contribution in [1.82, 2.24) is 5.16 Å². The van der Waals surface area contributed by atoms with E-state index in [4.69, 9.17) is 15.0 Å². The van der Waals surface area contributed by atoms with Gasteiger partial charge in [-0.25, -0.2) is 0 Å². The minimum absolute atomic E-state index is 0.446. The van der Waals surface area contributed by atoms with Gasteiger partial charge in [-0.3, -0.25) is 0 Å². The Bertz CT molecular complexity index is 290. The van der Waals surface area contributed by atoms with Gasteiger partial charge in [0.15, 0.2) is 0 Å². The predicted molar refractivity (Wildman–Crippen MR) is 48.4 cm³/mol. The third-order valence-corrected chi connectivity index (χ3v) is 2.60. The molecule has 1 fully saturated rings. The van der Waals surface area contributed by atoms with E-state index in [0.717, 1.165) is 37.3 Å². The first kappa shape index (κ1) is 8.56. The van der Waals surface area contributed by atoms with Crippen molar-refractivity contribution in [3.63, 3.8) is 0 Å². The second kappa shape index (κ2) is 3.38. The number of nitrogens with two attached hydrogens (primary N) is 1. The minimum Gasteiger partial charge on any atom is -0.381 e. The lowest BCUT2D eigenvalue weighted by Gasteiger charge is -2.20. The highest BCUT2D eigenvalue weighted by molar-refractivity contribution is 5.38. The Morgan fingerprint density at radius 2 is 2.08 bits per heavy atom. The first-order valence-electron chi connectivity index (χ1n) is 4.58. The summed E-state index contributed by atoms with van der Waals surface area (Å²) in [6, 6.07) is 0. The summed E-state index contributed by atoms with van der Waals surface area (Å²) in [6.07, 6.45) is 2.04. The molecule has 0 unspecified atom stereocenters. The summed E-state index contributed by atoms with van der Waals surface area (Å²) in [4.78, 5) is 0. The molecule has 72 valence electrons. The maximum atomic E-state index is 5.59. The summed E-state index contributed by atoms with van der Waals surface area (Å²) >= 11 is 0. The van der Waals surface area contributed by atoms with Crippen LogP contribution in [0.25, 0.3) is 0 Å². The normalized spacial score (nSPS) is 19.2. The van der Waals surface area contributed by atoms with Crippen LogP contribution in [0.4, 0.5) is 5.88 Å². The number of rotatable bonds is 1. The smallest absolute Gasteiger partial charge is 0.225 e. The molecule has 1 aromatic rings. The van der Waals surface area contributed by atoms with Crippen LogP contribution in [0.3, 0.4) is 0 Å². The summed E-state index contributed by atoms with van der Waals surface area (Å²) in [5.74, 6) is 0.913. The van der Waals surface area contributed by atoms with Crippen molar-refractivity contribution < 1.29 is 9.26 Å². The fourth-order valence-electron chi connectivity index (χ4n) is 1.71. The molecule has 4 heteroatoms. The van der Waals surface area contributed by atoms with E-state index in [1.165, 1.54) is 0 Å². The molecular formula is C9H14N2O2. The highest BCUT2D eigenvalue weighted by Crippen LogP contribution is 2.30. The van der Waals surface area contributed by atoms with Gasteiger partial charge in [-0.05, 0) is 19.8 Å². The number of ether oxygens (including phenoxy) is 1. The number of aromatic nitrogens is 1. The van der Waals surface area contributed by atoms with Crippen LogP contribution in [0.15, 0.2) is 4.52 Å². The zero-order chi connectivity index (χ0) is 9.26. The van der Waals surface area contributed by atoms with E-state index in [-0.39, 0.29) is 0 Å². The lowest BCUT2D eigenvalue weighted by molar-refractivity contribution is 0.0837. The Morgan fingerprint density at radius 1 is 1.38 bits per heavy atom. The van der Waals surface area contributed by atoms with Crippen molar-refractivity contribution in [2.24, 2.45) is 0 Å². The summed E-state index contributed by atoms with van der Waals surface area (Å²) < 4.78 is 10.2. The second-order valence-corrected chi connectivity index (χ2v) is 3.44. The average molecular weight is 182 g/mol. The first-order chi connectivity index (χ1) is 6.29. The molecule has 1 aliphatic rings. The van der Waals surface area contributed by atoms with Crippen molar-refractivity contribution in [3.8, 4) is 0 Å². The van der Waals surface area contributed by atoms with Crippen LogP contribution >= 0.6 is 0 Å². The SMILES string of the molecule is Cc1c(C2CCOCC2)noc1N. The number of nitrogens with zero attached hydrogens (tertiary/aromatic N) is 1. The molecule has 1 saturated heterocycles. The Hall–Kier alpha value is -1.03. The van der Waals surface area contributed by atoms with E-state index < -0.39 is 0 Å². The maximum absolute atomic E-state index is 5.59. The molecule has 1 aliphatic heterocycles. The standard InChI is InChI=1S/C9H14N2O2/c1-6-8(11-13-9(6)10)7-2-4-12-5-3-7/h7H,2-5,10H2,1H3. The van der Waals surface area contributed by atoms with Gasteiger partial charge in [0.25, 0.3) is 0 Å². The van der Waals surface area contributed by atoms with Crippen LogP contribution < -0.4 is 5.73 Å². The third-order valence-electron chi connectivity index (χ3n) is 2.60. The van der Waals surface area contributed by atoms with Crippen LogP contribution in [0, 0.1) is 6.92 Å². The molecule has 4 nitrogen and oxygen atoms in total. The fourth-order valence-corrected chi connectivity index (χ4v) is 1.71. The van der Waals surface area contributed by atoms with Crippen molar-refractivity contribution in [2.75, 3.05) is 18.9 Å². The van der Waals surface area contributed by atoms with E-state index >= 15 is 0 Å². The highest BCUT2D eigenvalue weighted by Gasteiger charge is 2.22. The van der Waals surface area contributed by atoms with Gasteiger partial charge in [-0.2, -0.15) is 0 Å². The fraction of sp³-hybridized carbons (Fsp3) is 0.667. The van der Waals surface area contributed by atoms with Gasteiger partial charge in [-0.1, -0.05) is 5.16 Å². The van der Waals surface area contributed by atoms with Crippen LogP contribution in [0.5, 0.6) is 0 Å². The number of anilines is 1. The maximum Gasteiger partial charge on any atom is 0.225 e. The first-order valence-corrected chi connectivity index (χ1v) is 4.58. The molecule has 0 aromatic carbocycles. The molecule has 0 radical (unpaired) electrons. The number of hydrogen-bond donors (Lipinski definition) is 1. The monoisotopic (exact) mass is 182 g/mol. The summed E-state index contributed by atoms with van der Waals surface area (Å²) in [7, 11) is 0. The average Bonchev–Trinajstić information content (AvgIpc) is 2.49. The Morgan fingerprint density at radius 3 is 2.62 bits per heavy atom. The van der Waals surface area contributed by atoms with E-state index in [0.29, 0.717) is 11.8 Å². The van der Waals surface area contributed by atoms with Gasteiger partial charge in [0, 0.05) is 24.7 Å². The third kappa shape index (κ3) is 1.54. The molecule has 0 aliphatic carbocycles. The summed E-state index contributed by atoms with van der Waals surface area (Å²) in [6.45, 7) is 3.59. The van der Waals surface area contributed by atoms with Crippen LogP contribution in [-0.2, 0) is 4.74 Å². The molecule has 2 N–H and O–H groups in total. The number of nitrogen functional groups attached to an aromatic ring is 1. The molecule has 0 saturated carbocycles. The largest absolute Gasteiger partial charge is 0.381 e. The quantitative estimate of drug-likeness (QED) is 0.714. The molecular weight excluding hydrogens is 168 g/mol. The minimum atomic E-state index is 0.446. The van der Waals surface area contributed by atoms with Gasteiger partial charge in [0.2, 0.25) is 5.88 Å². The summed E-state index contributed by atoms with van der Waals surface area (Å²) in [5.41, 5.74) is 7.59. The van der Waals surface area contributed by atoms with Crippen molar-refractivity contribution in [3.05, 3.63) is 11.3 Å². The molecule has 0 atom stereocenters. The van der Waals surface area contributed by atoms with Crippen molar-refractivity contribution in [2.45, 2.75) is 25.7 Å².